The van der Waals surface area contributed by atoms with Crippen LogP contribution in [0.1, 0.15) is 11.6 Å². The molecule has 0 aliphatic rings. The standard InChI is InChI=1S/C15H15F2NO2/c16-15(17,10-19)14(18)11-6-8-13(9-7-11)20-12-4-2-1-3-5-12/h1-9,14,19H,10,18H2/t14-/m1/s1. The fourth-order valence-corrected chi connectivity index (χ4v) is 1.71. The average molecular weight is 279 g/mol. The van der Waals surface area contributed by atoms with Gasteiger partial charge in [0.2, 0.25) is 0 Å². The molecule has 5 heteroatoms. The molecular formula is C15H15F2NO2. The van der Waals surface area contributed by atoms with Gasteiger partial charge in [0.1, 0.15) is 18.1 Å². The maximum absolute atomic E-state index is 13.3. The molecule has 0 saturated carbocycles. The van der Waals surface area contributed by atoms with Crippen molar-refractivity contribution in [2.24, 2.45) is 5.73 Å². The van der Waals surface area contributed by atoms with Gasteiger partial charge in [0.25, 0.3) is 5.92 Å². The molecule has 0 amide bonds. The third-order valence-corrected chi connectivity index (χ3v) is 2.88. The van der Waals surface area contributed by atoms with E-state index in [0.29, 0.717) is 11.5 Å². The Balaban J connectivity index is 2.11. The Hall–Kier alpha value is -1.98. The highest BCUT2D eigenvalue weighted by atomic mass is 19.3. The Morgan fingerprint density at radius 3 is 2.10 bits per heavy atom. The second kappa shape index (κ2) is 5.98. The maximum atomic E-state index is 13.3. The molecule has 0 saturated heterocycles. The number of ether oxygens (including phenoxy) is 1. The number of aliphatic hydroxyl groups is 1. The second-order valence-electron chi connectivity index (χ2n) is 4.38. The molecule has 1 atom stereocenters. The molecule has 0 spiro atoms. The molecule has 0 heterocycles. The van der Waals surface area contributed by atoms with Crippen molar-refractivity contribution in [3.63, 3.8) is 0 Å². The van der Waals surface area contributed by atoms with Crippen LogP contribution in [-0.2, 0) is 0 Å². The summed E-state index contributed by atoms with van der Waals surface area (Å²) in [6, 6.07) is 13.6. The first kappa shape index (κ1) is 14.4. The van der Waals surface area contributed by atoms with E-state index in [0.717, 1.165) is 0 Å². The Bertz CT molecular complexity index is 544. The summed E-state index contributed by atoms with van der Waals surface area (Å²) in [7, 11) is 0. The molecule has 20 heavy (non-hydrogen) atoms. The SMILES string of the molecule is N[C@H](c1ccc(Oc2ccccc2)cc1)C(F)(F)CO. The molecule has 3 nitrogen and oxygen atoms in total. The quantitative estimate of drug-likeness (QED) is 0.884. The van der Waals surface area contributed by atoms with Crippen LogP contribution in [0.5, 0.6) is 11.5 Å². The van der Waals surface area contributed by atoms with Crippen LogP contribution in [-0.4, -0.2) is 17.6 Å². The number of nitrogens with two attached hydrogens (primary N) is 1. The van der Waals surface area contributed by atoms with Gasteiger partial charge in [0, 0.05) is 0 Å². The van der Waals surface area contributed by atoms with Crippen LogP contribution in [0.4, 0.5) is 8.78 Å². The molecule has 2 rings (SSSR count). The summed E-state index contributed by atoms with van der Waals surface area (Å²) in [6.07, 6.45) is 0. The molecule has 0 aromatic heterocycles. The van der Waals surface area contributed by atoms with E-state index in [-0.39, 0.29) is 5.56 Å². The largest absolute Gasteiger partial charge is 0.457 e. The van der Waals surface area contributed by atoms with Crippen LogP contribution < -0.4 is 10.5 Å². The lowest BCUT2D eigenvalue weighted by Gasteiger charge is -2.21. The van der Waals surface area contributed by atoms with E-state index in [2.05, 4.69) is 0 Å². The summed E-state index contributed by atoms with van der Waals surface area (Å²) in [5.41, 5.74) is 5.68. The van der Waals surface area contributed by atoms with Crippen molar-refractivity contribution in [1.29, 1.82) is 0 Å². The first-order chi connectivity index (χ1) is 9.53. The van der Waals surface area contributed by atoms with Crippen LogP contribution in [0.15, 0.2) is 54.6 Å². The van der Waals surface area contributed by atoms with Crippen LogP contribution in [0.2, 0.25) is 0 Å². The van der Waals surface area contributed by atoms with Crippen LogP contribution in [0, 0.1) is 0 Å². The van der Waals surface area contributed by atoms with Crippen molar-refractivity contribution in [3.8, 4) is 11.5 Å². The Kier molecular flexibility index (Phi) is 4.32. The van der Waals surface area contributed by atoms with Gasteiger partial charge in [-0.3, -0.25) is 0 Å². The lowest BCUT2D eigenvalue weighted by Crippen LogP contribution is -2.36. The maximum Gasteiger partial charge on any atom is 0.289 e. The number of aliphatic hydroxyl groups excluding tert-OH is 1. The number of alkyl halides is 2. The van der Waals surface area contributed by atoms with Crippen LogP contribution in [0.3, 0.4) is 0 Å². The van der Waals surface area contributed by atoms with Gasteiger partial charge >= 0.3 is 0 Å². The molecule has 0 radical (unpaired) electrons. The summed E-state index contributed by atoms with van der Waals surface area (Å²) >= 11 is 0. The van der Waals surface area contributed by atoms with E-state index in [9.17, 15) is 8.78 Å². The van der Waals surface area contributed by atoms with E-state index in [1.54, 1.807) is 24.3 Å². The molecule has 2 aromatic carbocycles. The third-order valence-electron chi connectivity index (χ3n) is 2.88. The van der Waals surface area contributed by atoms with E-state index in [4.69, 9.17) is 15.6 Å². The van der Waals surface area contributed by atoms with E-state index >= 15 is 0 Å². The fourth-order valence-electron chi connectivity index (χ4n) is 1.71. The van der Waals surface area contributed by atoms with Gasteiger partial charge in [-0.2, -0.15) is 0 Å². The number of para-hydroxylation sites is 1. The molecule has 0 aliphatic carbocycles. The van der Waals surface area contributed by atoms with Crippen molar-refractivity contribution in [2.45, 2.75) is 12.0 Å². The minimum atomic E-state index is -3.35. The first-order valence-corrected chi connectivity index (χ1v) is 6.10. The average Bonchev–Trinajstić information content (AvgIpc) is 2.48. The zero-order valence-electron chi connectivity index (χ0n) is 10.7. The zero-order chi connectivity index (χ0) is 14.6. The predicted molar refractivity (Wildman–Crippen MR) is 71.9 cm³/mol. The lowest BCUT2D eigenvalue weighted by molar-refractivity contribution is -0.0711. The molecular weight excluding hydrogens is 264 g/mol. The van der Waals surface area contributed by atoms with Gasteiger partial charge in [-0.05, 0) is 29.8 Å². The van der Waals surface area contributed by atoms with Gasteiger partial charge in [-0.25, -0.2) is 8.78 Å². The van der Waals surface area contributed by atoms with Crippen molar-refractivity contribution in [2.75, 3.05) is 6.61 Å². The monoisotopic (exact) mass is 279 g/mol. The van der Waals surface area contributed by atoms with Gasteiger partial charge < -0.3 is 15.6 Å². The minimum absolute atomic E-state index is 0.240. The van der Waals surface area contributed by atoms with Crippen molar-refractivity contribution >= 4 is 0 Å². The van der Waals surface area contributed by atoms with E-state index < -0.39 is 18.6 Å². The van der Waals surface area contributed by atoms with Crippen molar-refractivity contribution in [1.82, 2.24) is 0 Å². The van der Waals surface area contributed by atoms with E-state index in [1.165, 1.54) is 12.1 Å². The highest BCUT2D eigenvalue weighted by molar-refractivity contribution is 5.34. The second-order valence-corrected chi connectivity index (χ2v) is 4.38. The Morgan fingerprint density at radius 2 is 1.55 bits per heavy atom. The number of benzene rings is 2. The highest BCUT2D eigenvalue weighted by Gasteiger charge is 2.37. The Labute approximate surface area is 115 Å². The smallest absolute Gasteiger partial charge is 0.289 e. The highest BCUT2D eigenvalue weighted by Crippen LogP contribution is 2.30. The summed E-state index contributed by atoms with van der Waals surface area (Å²) < 4.78 is 32.1. The summed E-state index contributed by atoms with van der Waals surface area (Å²) in [4.78, 5) is 0. The van der Waals surface area contributed by atoms with Crippen LogP contribution in [0.25, 0.3) is 0 Å². The Morgan fingerprint density at radius 1 is 1.00 bits per heavy atom. The number of hydrogen-bond acceptors (Lipinski definition) is 3. The predicted octanol–water partition coefficient (Wildman–Crippen LogP) is 3.11. The summed E-state index contributed by atoms with van der Waals surface area (Å²) in [5.74, 6) is -2.16. The van der Waals surface area contributed by atoms with Crippen LogP contribution >= 0.6 is 0 Å². The number of hydrogen-bond donors (Lipinski definition) is 2. The molecule has 0 unspecified atom stereocenters. The minimum Gasteiger partial charge on any atom is -0.457 e. The molecule has 106 valence electrons. The van der Waals surface area contributed by atoms with Gasteiger partial charge in [-0.15, -0.1) is 0 Å². The third kappa shape index (κ3) is 3.31. The molecule has 2 aromatic rings. The normalized spacial score (nSPS) is 13.0. The zero-order valence-corrected chi connectivity index (χ0v) is 10.7. The van der Waals surface area contributed by atoms with Gasteiger partial charge in [0.15, 0.2) is 0 Å². The van der Waals surface area contributed by atoms with Crippen molar-refractivity contribution in [3.05, 3.63) is 60.2 Å². The number of halogens is 2. The van der Waals surface area contributed by atoms with Gasteiger partial charge in [0.05, 0.1) is 6.04 Å². The first-order valence-electron chi connectivity index (χ1n) is 6.10. The molecule has 0 fully saturated rings. The topological polar surface area (TPSA) is 55.5 Å². The lowest BCUT2D eigenvalue weighted by atomic mass is 10.0. The molecule has 0 aliphatic heterocycles. The van der Waals surface area contributed by atoms with Gasteiger partial charge in [-0.1, -0.05) is 30.3 Å². The van der Waals surface area contributed by atoms with E-state index in [1.807, 2.05) is 18.2 Å². The number of rotatable bonds is 5. The van der Waals surface area contributed by atoms with Crippen molar-refractivity contribution < 1.29 is 18.6 Å². The molecule has 3 N–H and O–H groups in total. The summed E-state index contributed by atoms with van der Waals surface area (Å²) in [5, 5.41) is 8.62. The molecule has 0 bridgehead atoms. The fraction of sp³-hybridized carbons (Fsp3) is 0.200. The summed E-state index contributed by atoms with van der Waals surface area (Å²) in [6.45, 7) is -1.28.